The minimum atomic E-state index is -4.43. The molecule has 10 nitrogen and oxygen atoms in total. The summed E-state index contributed by atoms with van der Waals surface area (Å²) in [5.41, 5.74) is 0. The monoisotopic (exact) mass is 869 g/mol. The lowest BCUT2D eigenvalue weighted by Gasteiger charge is -2.24. The summed E-state index contributed by atoms with van der Waals surface area (Å²) in [5.74, 6) is -1.00. The molecule has 342 valence electrons. The van der Waals surface area contributed by atoms with Crippen molar-refractivity contribution in [1.29, 1.82) is 0 Å². The Labute approximate surface area is 369 Å². The molecule has 2 unspecified atom stereocenters. The van der Waals surface area contributed by atoms with Crippen LogP contribution < -0.4 is 0 Å². The van der Waals surface area contributed by atoms with Gasteiger partial charge in [-0.3, -0.25) is 18.6 Å². The van der Waals surface area contributed by atoms with Crippen molar-refractivity contribution in [2.75, 3.05) is 47.5 Å². The van der Waals surface area contributed by atoms with E-state index in [-0.39, 0.29) is 26.1 Å². The first-order valence-electron chi connectivity index (χ1n) is 22.0. The first-order chi connectivity index (χ1) is 29.4. The van der Waals surface area contributed by atoms with E-state index in [4.69, 9.17) is 18.5 Å². The minimum absolute atomic E-state index is 0.00543. The Morgan fingerprint density at radius 3 is 1.62 bits per heavy atom. The number of allylic oxidation sites excluding steroid dienone is 20. The van der Waals surface area contributed by atoms with Crippen molar-refractivity contribution in [3.63, 3.8) is 0 Å². The molecule has 2 N–H and O–H groups in total. The molecular weight excluding hydrogens is 790 g/mol. The predicted molar refractivity (Wildman–Crippen MR) is 253 cm³/mol. The molecule has 61 heavy (non-hydrogen) atoms. The van der Waals surface area contributed by atoms with Gasteiger partial charge in [0.25, 0.3) is 0 Å². The van der Waals surface area contributed by atoms with Gasteiger partial charge in [0.2, 0.25) is 0 Å². The van der Waals surface area contributed by atoms with E-state index in [1.807, 2.05) is 69.8 Å². The van der Waals surface area contributed by atoms with Crippen LogP contribution in [0.4, 0.5) is 0 Å². The zero-order valence-corrected chi connectivity index (χ0v) is 38.8. The average molecular weight is 869 g/mol. The first kappa shape index (κ1) is 57.1. The van der Waals surface area contributed by atoms with Crippen LogP contribution in [0.2, 0.25) is 0 Å². The maximum Gasteiger partial charge on any atom is 0.472 e. The molecule has 0 aromatic carbocycles. The van der Waals surface area contributed by atoms with Crippen LogP contribution in [0.3, 0.4) is 0 Å². The van der Waals surface area contributed by atoms with E-state index in [0.29, 0.717) is 36.7 Å². The summed E-state index contributed by atoms with van der Waals surface area (Å²) in [4.78, 5) is 35.3. The van der Waals surface area contributed by atoms with Crippen molar-refractivity contribution >= 4 is 19.8 Å². The van der Waals surface area contributed by atoms with Gasteiger partial charge < -0.3 is 24.0 Å². The third-order valence-corrected chi connectivity index (χ3v) is 9.25. The Kier molecular flexibility index (Phi) is 37.6. The lowest BCUT2D eigenvalue weighted by molar-refractivity contribution is -0.870. The van der Waals surface area contributed by atoms with Crippen molar-refractivity contribution in [2.45, 2.75) is 122 Å². The Bertz CT molecular complexity index is 1510. The summed E-state index contributed by atoms with van der Waals surface area (Å²) in [5, 5.41) is 9.85. The number of aliphatic hydroxyl groups is 1. The highest BCUT2D eigenvalue weighted by molar-refractivity contribution is 7.47. The number of rotatable bonds is 37. The van der Waals surface area contributed by atoms with Gasteiger partial charge in [0.1, 0.15) is 19.8 Å². The third kappa shape index (κ3) is 44.0. The molecule has 0 aliphatic rings. The molecule has 3 atom stereocenters. The molecule has 0 aromatic rings. The van der Waals surface area contributed by atoms with E-state index in [9.17, 15) is 24.2 Å². The van der Waals surface area contributed by atoms with E-state index in [1.165, 1.54) is 0 Å². The van der Waals surface area contributed by atoms with Crippen molar-refractivity contribution in [2.24, 2.45) is 0 Å². The van der Waals surface area contributed by atoms with Crippen LogP contribution in [0.1, 0.15) is 110 Å². The summed E-state index contributed by atoms with van der Waals surface area (Å²) in [6.45, 7) is 3.89. The van der Waals surface area contributed by atoms with Gasteiger partial charge in [0, 0.05) is 12.8 Å². The molecule has 0 bridgehead atoms. The summed E-state index contributed by atoms with van der Waals surface area (Å²) >= 11 is 0. The molecule has 0 radical (unpaired) electrons. The molecule has 0 amide bonds. The molecule has 0 aliphatic heterocycles. The third-order valence-electron chi connectivity index (χ3n) is 8.27. The number of esters is 2. The standard InChI is InChI=1S/C50H78NO9P/c1-6-8-10-11-12-13-14-15-16-17-18-21-25-28-31-34-38-42-50(54)60-48(46-59-61(55,56)58-44-43-51(3,4)5)45-57-49(53)41-37-33-30-27-24-22-19-20-23-26-29-32-36-40-47(52)39-35-9-7-2/h8-10,12-13,15-16,18,20-24,28-33,35-36,40,47-48,52H,6-7,11,14,17,19,25-27,34,37-39,41-46H2,1-5H3/p+1/b10-8-,13-12-,16-15-,21-18-,23-20-,24-22-,31-28-,32-29+,33-30-,35-9-,40-36+/t47?,48-/m1/s1. The first-order valence-corrected chi connectivity index (χ1v) is 23.5. The summed E-state index contributed by atoms with van der Waals surface area (Å²) in [6, 6.07) is 0. The van der Waals surface area contributed by atoms with E-state index < -0.39 is 38.6 Å². The minimum Gasteiger partial charge on any atom is -0.462 e. The van der Waals surface area contributed by atoms with Gasteiger partial charge in [-0.1, -0.05) is 148 Å². The number of ether oxygens (including phenoxy) is 2. The van der Waals surface area contributed by atoms with Crippen LogP contribution in [-0.2, 0) is 32.7 Å². The predicted octanol–water partition coefficient (Wildman–Crippen LogP) is 11.7. The molecule has 0 fully saturated rings. The maximum atomic E-state index is 12.7. The fourth-order valence-electron chi connectivity index (χ4n) is 4.86. The fraction of sp³-hybridized carbons (Fsp3) is 0.520. The maximum absolute atomic E-state index is 12.7. The van der Waals surface area contributed by atoms with E-state index >= 15 is 0 Å². The topological polar surface area (TPSA) is 129 Å². The molecule has 0 heterocycles. The van der Waals surface area contributed by atoms with E-state index in [0.717, 1.165) is 57.8 Å². The second-order valence-corrected chi connectivity index (χ2v) is 16.6. The largest absolute Gasteiger partial charge is 0.472 e. The summed E-state index contributed by atoms with van der Waals surface area (Å²) in [7, 11) is 1.35. The lowest BCUT2D eigenvalue weighted by atomic mass is 10.2. The Hall–Kier alpha value is -3.89. The van der Waals surface area contributed by atoms with Gasteiger partial charge in [-0.25, -0.2) is 4.57 Å². The second-order valence-electron chi connectivity index (χ2n) is 15.2. The van der Waals surface area contributed by atoms with Gasteiger partial charge in [-0.2, -0.15) is 0 Å². The van der Waals surface area contributed by atoms with Gasteiger partial charge in [0.05, 0.1) is 33.9 Å². The van der Waals surface area contributed by atoms with Crippen molar-refractivity contribution in [3.05, 3.63) is 134 Å². The Morgan fingerprint density at radius 1 is 0.590 bits per heavy atom. The number of phosphoric ester groups is 1. The number of carbonyl (C=O) groups is 2. The number of quaternary nitrogens is 1. The van der Waals surface area contributed by atoms with E-state index in [1.54, 1.807) is 6.08 Å². The number of hydrogen-bond acceptors (Lipinski definition) is 8. The Morgan fingerprint density at radius 2 is 1.08 bits per heavy atom. The van der Waals surface area contributed by atoms with Gasteiger partial charge in [-0.15, -0.1) is 0 Å². The Balaban J connectivity index is 4.64. The van der Waals surface area contributed by atoms with Crippen LogP contribution >= 0.6 is 7.82 Å². The molecule has 0 saturated carbocycles. The number of likely N-dealkylation sites (N-methyl/N-ethyl adjacent to an activating group) is 1. The molecule has 11 heteroatoms. The van der Waals surface area contributed by atoms with Gasteiger partial charge in [-0.05, 0) is 83.5 Å². The second kappa shape index (κ2) is 40.2. The lowest BCUT2D eigenvalue weighted by Crippen LogP contribution is -2.37. The number of hydrogen-bond donors (Lipinski definition) is 2. The highest BCUT2D eigenvalue weighted by Gasteiger charge is 2.27. The van der Waals surface area contributed by atoms with Gasteiger partial charge >= 0.3 is 19.8 Å². The quantitative estimate of drug-likeness (QED) is 0.0157. The SMILES string of the molecule is CC/C=C\C/C=C\C/C=C\C/C=C\C/C=C\CCCC(=O)O[C@H](COC(=O)CC/C=C\C/C=C\C/C=C\C/C=C/C=C/C(O)C/C=C\CC)COP(=O)(O)OCC[N+](C)(C)C. The molecule has 0 spiro atoms. The van der Waals surface area contributed by atoms with Crippen LogP contribution in [0.25, 0.3) is 0 Å². The normalized spacial score (nSPS) is 15.3. The molecule has 0 aromatic heterocycles. The average Bonchev–Trinajstić information content (AvgIpc) is 3.21. The van der Waals surface area contributed by atoms with Crippen LogP contribution in [0, 0.1) is 0 Å². The zero-order chi connectivity index (χ0) is 45.1. The smallest absolute Gasteiger partial charge is 0.462 e. The number of nitrogens with zero attached hydrogens (tertiary/aromatic N) is 1. The molecule has 0 rings (SSSR count). The highest BCUT2D eigenvalue weighted by atomic mass is 31.2. The highest BCUT2D eigenvalue weighted by Crippen LogP contribution is 2.43. The summed E-state index contributed by atoms with van der Waals surface area (Å²) < 4.78 is 34.1. The molecular formula is C50H79NO9P+. The van der Waals surface area contributed by atoms with Gasteiger partial charge in [0.15, 0.2) is 6.10 Å². The number of carbonyl (C=O) groups excluding carboxylic acids is 2. The molecule has 0 saturated heterocycles. The van der Waals surface area contributed by atoms with Crippen LogP contribution in [-0.4, -0.2) is 86.1 Å². The van der Waals surface area contributed by atoms with Crippen LogP contribution in [0.15, 0.2) is 134 Å². The fourth-order valence-corrected chi connectivity index (χ4v) is 5.60. The van der Waals surface area contributed by atoms with Crippen LogP contribution in [0.5, 0.6) is 0 Å². The number of aliphatic hydroxyl groups excluding tert-OH is 1. The van der Waals surface area contributed by atoms with Crippen molar-refractivity contribution in [1.82, 2.24) is 0 Å². The van der Waals surface area contributed by atoms with Crippen molar-refractivity contribution < 1.29 is 47.2 Å². The zero-order valence-electron chi connectivity index (χ0n) is 37.9. The molecule has 0 aliphatic carbocycles. The number of unbranched alkanes of at least 4 members (excludes halogenated alkanes) is 1. The van der Waals surface area contributed by atoms with E-state index in [2.05, 4.69) is 92.8 Å². The van der Waals surface area contributed by atoms with Crippen molar-refractivity contribution in [3.8, 4) is 0 Å². The number of phosphoric acid groups is 1. The summed E-state index contributed by atoms with van der Waals surface area (Å²) in [6.07, 6.45) is 54.3.